The van der Waals surface area contributed by atoms with Crippen LogP contribution in [0.15, 0.2) is 0 Å². The van der Waals surface area contributed by atoms with Gasteiger partial charge < -0.3 is 145 Å². The highest BCUT2D eigenvalue weighted by Crippen LogP contribution is 2.53. The smallest absolute Gasteiger partial charge is 0.342 e. The number of phenols is 1. The molecule has 0 bridgehead atoms. The summed E-state index contributed by atoms with van der Waals surface area (Å²) in [4.78, 5) is 27.0. The van der Waals surface area contributed by atoms with Crippen molar-refractivity contribution < 1.29 is 154 Å². The van der Waals surface area contributed by atoms with Crippen LogP contribution in [0, 0.1) is 12.8 Å². The molecular weight excluding hydrogens is 1320 g/mol. The van der Waals surface area contributed by atoms with Crippen molar-refractivity contribution in [1.29, 1.82) is 0 Å². The van der Waals surface area contributed by atoms with Gasteiger partial charge in [0, 0.05) is 34.2 Å². The second kappa shape index (κ2) is 28.6. The van der Waals surface area contributed by atoms with E-state index in [1.807, 2.05) is 0 Å². The highest BCUT2D eigenvalue weighted by molar-refractivity contribution is 6.39. The zero-order valence-electron chi connectivity index (χ0n) is 55.1. The van der Waals surface area contributed by atoms with Crippen molar-refractivity contribution in [2.45, 2.75) is 283 Å². The van der Waals surface area contributed by atoms with E-state index in [9.17, 15) is 45.3 Å². The number of phenolic OH excluding ortho intramolecular Hbond substituents is 1. The summed E-state index contributed by atoms with van der Waals surface area (Å²) in [5.74, 6) is -6.71. The summed E-state index contributed by atoms with van der Waals surface area (Å²) in [6.45, 7) is 15.4. The van der Waals surface area contributed by atoms with Crippen LogP contribution in [-0.2, 0) is 109 Å². The van der Waals surface area contributed by atoms with Crippen molar-refractivity contribution in [3.8, 4) is 11.5 Å². The number of esters is 2. The van der Waals surface area contributed by atoms with Crippen LogP contribution in [-0.4, -0.2) is 291 Å². The van der Waals surface area contributed by atoms with Gasteiger partial charge in [0.1, 0.15) is 102 Å². The maximum atomic E-state index is 13.6. The van der Waals surface area contributed by atoms with E-state index >= 15 is 0 Å². The predicted octanol–water partition coefficient (Wildman–Crippen LogP) is 0.844. The Labute approximate surface area is 558 Å². The van der Waals surface area contributed by atoms with Gasteiger partial charge in [-0.2, -0.15) is 0 Å². The van der Waals surface area contributed by atoms with Gasteiger partial charge in [-0.05, 0) is 61.0 Å². The minimum atomic E-state index is -2.03. The summed E-state index contributed by atoms with van der Waals surface area (Å²) >= 11 is 12.5. The third kappa shape index (κ3) is 13.5. The molecule has 10 fully saturated rings. The molecule has 32 atom stereocenters. The van der Waals surface area contributed by atoms with E-state index in [1.165, 1.54) is 49.2 Å². The number of carbonyl (C=O) groups is 2. The van der Waals surface area contributed by atoms with Crippen molar-refractivity contribution in [1.82, 2.24) is 0 Å². The first-order valence-corrected chi connectivity index (χ1v) is 32.6. The maximum absolute atomic E-state index is 13.6. The molecule has 1 aromatic carbocycles. The largest absolute Gasteiger partial charge is 0.505 e. The van der Waals surface area contributed by atoms with Gasteiger partial charge in [-0.1, -0.05) is 37.0 Å². The topological polar surface area (TPSA) is 388 Å². The molecule has 11 rings (SSSR count). The molecule has 0 aromatic heterocycles. The minimum absolute atomic E-state index is 0.00581. The summed E-state index contributed by atoms with van der Waals surface area (Å²) in [6.07, 6.45) is -33.7. The fraction of sp³-hybridized carbons (Fsp3) is 0.869. The zero-order chi connectivity index (χ0) is 68.9. The van der Waals surface area contributed by atoms with Crippen molar-refractivity contribution in [2.75, 3.05) is 48.4 Å². The molecule has 0 saturated carbocycles. The maximum Gasteiger partial charge on any atom is 0.342 e. The van der Waals surface area contributed by atoms with Crippen LogP contribution in [0.5, 0.6) is 11.5 Å². The fourth-order valence-electron chi connectivity index (χ4n) is 14.7. The van der Waals surface area contributed by atoms with Crippen LogP contribution in [0.3, 0.4) is 0 Å². The number of aromatic hydroxyl groups is 1. The molecule has 540 valence electrons. The molecule has 0 radical (unpaired) electrons. The summed E-state index contributed by atoms with van der Waals surface area (Å²) in [5, 5.41) is 79.9. The Balaban J connectivity index is 0.722. The van der Waals surface area contributed by atoms with Crippen LogP contribution in [0.25, 0.3) is 0 Å². The summed E-state index contributed by atoms with van der Waals surface area (Å²) < 4.78 is 142. The Bertz CT molecular complexity index is 2840. The van der Waals surface area contributed by atoms with Gasteiger partial charge in [-0.15, -0.1) is 0 Å². The lowest BCUT2D eigenvalue weighted by Gasteiger charge is -2.51. The second-order valence-electron chi connectivity index (χ2n) is 26.4. The average molecular weight is 1410 g/mol. The summed E-state index contributed by atoms with van der Waals surface area (Å²) in [7, 11) is 5.37. The molecule has 95 heavy (non-hydrogen) atoms. The molecule has 32 nitrogen and oxygen atoms in total. The monoisotopic (exact) mass is 1400 g/mol. The Morgan fingerprint density at radius 2 is 1.34 bits per heavy atom. The number of rotatable bonds is 18. The lowest BCUT2D eigenvalue weighted by atomic mass is 9.80. The lowest BCUT2D eigenvalue weighted by molar-refractivity contribution is -0.439. The number of carbonyl (C=O) groups excluding carboxylic acids is 2. The number of fused-ring (bicyclic) bond motifs is 4. The molecule has 34 heteroatoms. The Morgan fingerprint density at radius 1 is 0.653 bits per heavy atom. The molecule has 10 heterocycles. The first kappa shape index (κ1) is 73.5. The second-order valence-corrected chi connectivity index (χ2v) is 27.2. The molecule has 0 amide bonds. The van der Waals surface area contributed by atoms with Gasteiger partial charge in [0.15, 0.2) is 55.0 Å². The number of ether oxygens (including phenoxy) is 23. The molecule has 10 saturated heterocycles. The number of benzene rings is 1. The summed E-state index contributed by atoms with van der Waals surface area (Å²) in [6, 6.07) is 0. The Hall–Kier alpha value is -2.70. The number of aliphatic hydroxyl groups excluding tert-OH is 5. The van der Waals surface area contributed by atoms with Crippen LogP contribution in [0.1, 0.15) is 97.5 Å². The third-order valence-corrected chi connectivity index (χ3v) is 20.4. The SMILES string of the molecule is COC[C@H]1O[C@@H](O[C@@H]2OC[C@@H]3O[C@]4(O[C@H]3[C@H]2OC(=O)C(C)C)O[C@H](C)[C@](O)([C@H](C)O)[C@@H]2OCO[C@H]24)[C@@H](OC)[C@@H](O)[C@@H]1O[C@@H]1O[C@H](C)[C@H](OC)[C@H](O[C@H]2C[C@@]3(C)O[C@@]4(C[C@@H](O)[C@H](O[C@H]5C[C@@H](O)[C@H](OC(=O)c6c(C)c(Cl)c(O)c(Cl)c6OC)[C@@H](C)O5)[C@@H](C)O4)O[C@@H]3[C@@H](C)O2)[C@H]1O. The molecule has 7 N–H and O–H groups in total. The Kier molecular flexibility index (Phi) is 22.1. The van der Waals surface area contributed by atoms with Crippen molar-refractivity contribution >= 4 is 35.1 Å². The highest BCUT2D eigenvalue weighted by atomic mass is 35.5. The molecule has 2 spiro atoms. The molecule has 10 aliphatic heterocycles. The van der Waals surface area contributed by atoms with Gasteiger partial charge in [0.05, 0.1) is 86.5 Å². The van der Waals surface area contributed by atoms with Crippen LogP contribution in [0.2, 0.25) is 10.0 Å². The van der Waals surface area contributed by atoms with Gasteiger partial charge in [0.25, 0.3) is 5.97 Å². The quantitative estimate of drug-likeness (QED) is 0.100. The highest BCUT2D eigenvalue weighted by Gasteiger charge is 2.73. The first-order chi connectivity index (χ1) is 44.9. The number of aliphatic hydroxyl groups is 6. The van der Waals surface area contributed by atoms with E-state index in [1.54, 1.807) is 48.5 Å². The van der Waals surface area contributed by atoms with Crippen LogP contribution >= 0.6 is 23.2 Å². The predicted molar refractivity (Wildman–Crippen MR) is 314 cm³/mol. The average Bonchev–Trinajstić information content (AvgIpc) is 1.59. The molecule has 0 aliphatic carbocycles. The van der Waals surface area contributed by atoms with E-state index in [4.69, 9.17) is 132 Å². The van der Waals surface area contributed by atoms with E-state index in [2.05, 4.69) is 0 Å². The minimum Gasteiger partial charge on any atom is -0.505 e. The molecule has 10 aliphatic rings. The molecule has 0 unspecified atom stereocenters. The van der Waals surface area contributed by atoms with Crippen LogP contribution < -0.4 is 4.74 Å². The number of hydrogen-bond acceptors (Lipinski definition) is 32. The third-order valence-electron chi connectivity index (χ3n) is 19.5. The normalized spacial score (nSPS) is 47.7. The zero-order valence-corrected chi connectivity index (χ0v) is 56.6. The first-order valence-electron chi connectivity index (χ1n) is 31.9. The van der Waals surface area contributed by atoms with E-state index in [-0.39, 0.29) is 66.2 Å². The number of hydrogen-bond donors (Lipinski definition) is 7. The van der Waals surface area contributed by atoms with Crippen molar-refractivity contribution in [3.63, 3.8) is 0 Å². The van der Waals surface area contributed by atoms with Crippen LogP contribution in [0.4, 0.5) is 0 Å². The van der Waals surface area contributed by atoms with E-state index in [0.29, 0.717) is 0 Å². The van der Waals surface area contributed by atoms with E-state index in [0.717, 1.165) is 0 Å². The fourth-order valence-corrected chi connectivity index (χ4v) is 15.2. The number of methoxy groups -OCH3 is 4. The molecule has 1 aromatic rings. The van der Waals surface area contributed by atoms with Crippen molar-refractivity contribution in [2.24, 2.45) is 5.92 Å². The van der Waals surface area contributed by atoms with Crippen molar-refractivity contribution in [3.05, 3.63) is 21.2 Å². The standard InChI is InChI=1S/C61H90Cl2O32/c1-21(2)53(70)87-49-45-32(92-61(93-45)52-51(78-20-79-52)60(72,27(8)64)28(9)91-61)19-77-56(49)89-57-48(76-14)39(68)44(31(83-57)18-73-11)88-55-40(69)47(43(74-12)24(5)82-55)85-34-17-58(10)50(26(7)81-34)94-59(95-58)16-30(66)42(25(6)90-59)84-33-15-29(65)41(23(4)80-33)86-54(71)35-22(3)36(62)38(67)37(63)46(35)75-13/h21,23-34,39-45,47-52,55-57,64-69,72H,15-20H2,1-14H3/t23-,24-,25-,26-,27+,28-,29-,30-,31-,32+,33+,34+,39+,40-,41-,42-,43+,44-,45-,47-,48+,49-,50-,51-,52-,55+,56+,57+,58-,59-,60-,61-/m1/s1. The van der Waals surface area contributed by atoms with Gasteiger partial charge >= 0.3 is 17.9 Å². The van der Waals surface area contributed by atoms with Gasteiger partial charge in [-0.3, -0.25) is 4.79 Å². The Morgan fingerprint density at radius 3 is 1.99 bits per heavy atom. The van der Waals surface area contributed by atoms with Gasteiger partial charge in [0.2, 0.25) is 6.29 Å². The number of halogens is 2. The van der Waals surface area contributed by atoms with Gasteiger partial charge in [-0.25, -0.2) is 4.79 Å². The van der Waals surface area contributed by atoms with E-state index < -0.39 is 219 Å². The lowest BCUT2D eigenvalue weighted by Crippen LogP contribution is -2.72. The summed E-state index contributed by atoms with van der Waals surface area (Å²) in [5.41, 5.74) is -3.14. The molecular formula is C61H90Cl2O32.